The number of benzene rings is 2. The van der Waals surface area contributed by atoms with Gasteiger partial charge in [0.1, 0.15) is 18.1 Å². The summed E-state index contributed by atoms with van der Waals surface area (Å²) in [7, 11) is 1.62. The fraction of sp³-hybridized carbons (Fsp3) is 0.440. The molecule has 0 saturated heterocycles. The first kappa shape index (κ1) is 21.1. The molecule has 0 spiro atoms. The Kier molecular flexibility index (Phi) is 6.73. The van der Waals surface area contributed by atoms with E-state index >= 15 is 0 Å². The summed E-state index contributed by atoms with van der Waals surface area (Å²) < 4.78 is 11.1. The second kappa shape index (κ2) is 9.25. The van der Waals surface area contributed by atoms with Gasteiger partial charge in [0, 0.05) is 5.92 Å². The van der Waals surface area contributed by atoms with E-state index in [1.807, 2.05) is 30.3 Å². The number of esters is 1. The monoisotopic (exact) mass is 393 g/mol. The first-order valence-corrected chi connectivity index (χ1v) is 10.3. The zero-order chi connectivity index (χ0) is 20.9. The highest BCUT2D eigenvalue weighted by molar-refractivity contribution is 6.23. The van der Waals surface area contributed by atoms with Gasteiger partial charge in [-0.15, -0.1) is 0 Å². The van der Waals surface area contributed by atoms with Crippen LogP contribution in [-0.2, 0) is 14.9 Å². The van der Waals surface area contributed by atoms with Gasteiger partial charge in [-0.2, -0.15) is 0 Å². The van der Waals surface area contributed by atoms with Crippen molar-refractivity contribution < 1.29 is 14.3 Å². The summed E-state index contributed by atoms with van der Waals surface area (Å²) in [6.07, 6.45) is 4.28. The molecule has 0 unspecified atom stereocenters. The molecular weight excluding hydrogens is 362 g/mol. The number of methoxy groups -OCH3 is 1. The number of hydrogen-bond acceptors (Lipinski definition) is 4. The standard InChI is InChI=1S/C25H31NO3/c1-18-10-15-22(25(2,3)19-8-6-5-7-9-19)23(16-18)29-24(27)17-26-20-11-13-21(28-4)14-12-20/h5-9,11-14,17-18,22-23H,10,15-16H2,1-4H3/t18-,22-,23-/m1/s1. The summed E-state index contributed by atoms with van der Waals surface area (Å²) in [5, 5.41) is 0. The van der Waals surface area contributed by atoms with Crippen molar-refractivity contribution in [3.05, 3.63) is 60.2 Å². The lowest BCUT2D eigenvalue weighted by atomic mass is 9.64. The Balaban J connectivity index is 1.71. The van der Waals surface area contributed by atoms with Crippen molar-refractivity contribution in [2.75, 3.05) is 7.11 Å². The molecule has 0 aromatic heterocycles. The molecule has 154 valence electrons. The van der Waals surface area contributed by atoms with Gasteiger partial charge in [-0.05, 0) is 54.0 Å². The van der Waals surface area contributed by atoms with Crippen molar-refractivity contribution in [1.82, 2.24) is 0 Å². The van der Waals surface area contributed by atoms with Crippen LogP contribution in [0, 0.1) is 11.8 Å². The van der Waals surface area contributed by atoms with Gasteiger partial charge in [-0.1, -0.05) is 57.5 Å². The molecule has 1 saturated carbocycles. The Morgan fingerprint density at radius 2 is 1.76 bits per heavy atom. The van der Waals surface area contributed by atoms with Crippen LogP contribution in [-0.4, -0.2) is 25.4 Å². The average molecular weight is 394 g/mol. The fourth-order valence-electron chi connectivity index (χ4n) is 4.34. The molecule has 3 rings (SSSR count). The van der Waals surface area contributed by atoms with Gasteiger partial charge >= 0.3 is 5.97 Å². The van der Waals surface area contributed by atoms with Crippen LogP contribution in [0.1, 0.15) is 45.6 Å². The van der Waals surface area contributed by atoms with Crippen molar-refractivity contribution in [2.45, 2.75) is 51.6 Å². The first-order valence-electron chi connectivity index (χ1n) is 10.3. The molecule has 0 aliphatic heterocycles. The zero-order valence-corrected chi connectivity index (χ0v) is 17.8. The zero-order valence-electron chi connectivity index (χ0n) is 17.8. The van der Waals surface area contributed by atoms with Crippen molar-refractivity contribution >= 4 is 17.9 Å². The van der Waals surface area contributed by atoms with Crippen molar-refractivity contribution in [3.8, 4) is 5.75 Å². The molecule has 0 radical (unpaired) electrons. The smallest absolute Gasteiger partial charge is 0.349 e. The molecule has 2 aromatic rings. The molecule has 2 aromatic carbocycles. The minimum Gasteiger partial charge on any atom is -0.497 e. The van der Waals surface area contributed by atoms with E-state index in [4.69, 9.17) is 9.47 Å². The second-order valence-corrected chi connectivity index (χ2v) is 8.54. The largest absolute Gasteiger partial charge is 0.497 e. The van der Waals surface area contributed by atoms with Gasteiger partial charge in [0.25, 0.3) is 0 Å². The van der Waals surface area contributed by atoms with Gasteiger partial charge in [-0.25, -0.2) is 9.79 Å². The number of carbonyl (C=O) groups is 1. The third-order valence-electron chi connectivity index (χ3n) is 6.16. The first-order chi connectivity index (χ1) is 13.9. The lowest BCUT2D eigenvalue weighted by Gasteiger charge is -2.43. The Morgan fingerprint density at radius 1 is 1.07 bits per heavy atom. The van der Waals surface area contributed by atoms with Crippen molar-refractivity contribution in [1.29, 1.82) is 0 Å². The number of nitrogens with zero attached hydrogens (tertiary/aromatic N) is 1. The van der Waals surface area contributed by atoms with E-state index in [1.54, 1.807) is 7.11 Å². The molecule has 0 amide bonds. The number of aliphatic imine (C=N–C) groups is 1. The molecule has 3 atom stereocenters. The van der Waals surface area contributed by atoms with E-state index in [9.17, 15) is 4.79 Å². The van der Waals surface area contributed by atoms with Crippen LogP contribution in [0.5, 0.6) is 5.75 Å². The SMILES string of the molecule is COc1ccc(N=CC(=O)O[C@@H]2C[C@H](C)CC[C@H]2C(C)(C)c2ccccc2)cc1. The maximum absolute atomic E-state index is 12.5. The van der Waals surface area contributed by atoms with E-state index < -0.39 is 0 Å². The second-order valence-electron chi connectivity index (χ2n) is 8.54. The summed E-state index contributed by atoms with van der Waals surface area (Å²) in [5.41, 5.74) is 1.91. The molecule has 1 aliphatic rings. The normalized spacial score (nSPS) is 22.4. The van der Waals surface area contributed by atoms with Crippen LogP contribution >= 0.6 is 0 Å². The number of ether oxygens (including phenoxy) is 2. The summed E-state index contributed by atoms with van der Waals surface area (Å²) in [6, 6.07) is 17.8. The van der Waals surface area contributed by atoms with Crippen LogP contribution in [0.2, 0.25) is 0 Å². The summed E-state index contributed by atoms with van der Waals surface area (Å²) in [5.74, 6) is 1.20. The molecule has 0 N–H and O–H groups in total. The molecule has 1 aliphatic carbocycles. The number of rotatable bonds is 6. The van der Waals surface area contributed by atoms with Gasteiger partial charge in [-0.3, -0.25) is 0 Å². The maximum atomic E-state index is 12.5. The predicted molar refractivity (Wildman–Crippen MR) is 117 cm³/mol. The van der Waals surface area contributed by atoms with E-state index in [1.165, 1.54) is 11.8 Å². The van der Waals surface area contributed by atoms with Crippen LogP contribution in [0.4, 0.5) is 5.69 Å². The molecule has 0 bridgehead atoms. The molecule has 1 fully saturated rings. The van der Waals surface area contributed by atoms with Crippen LogP contribution in [0.15, 0.2) is 59.6 Å². The van der Waals surface area contributed by atoms with Crippen molar-refractivity contribution in [3.63, 3.8) is 0 Å². The minimum absolute atomic E-state index is 0.0700. The minimum atomic E-state index is -0.381. The average Bonchev–Trinajstić information content (AvgIpc) is 2.73. The highest BCUT2D eigenvalue weighted by Crippen LogP contribution is 2.43. The molecular formula is C25H31NO3. The number of hydrogen-bond donors (Lipinski definition) is 0. The van der Waals surface area contributed by atoms with E-state index in [-0.39, 0.29) is 23.4 Å². The lowest BCUT2D eigenvalue weighted by molar-refractivity contribution is -0.147. The van der Waals surface area contributed by atoms with Crippen molar-refractivity contribution in [2.24, 2.45) is 16.8 Å². The lowest BCUT2D eigenvalue weighted by Crippen LogP contribution is -2.43. The van der Waals surface area contributed by atoms with Gasteiger partial charge in [0.05, 0.1) is 12.8 Å². The van der Waals surface area contributed by atoms with E-state index in [0.29, 0.717) is 11.6 Å². The van der Waals surface area contributed by atoms with Gasteiger partial charge in [0.2, 0.25) is 0 Å². The topological polar surface area (TPSA) is 47.9 Å². The molecule has 4 heteroatoms. The predicted octanol–water partition coefficient (Wildman–Crippen LogP) is 5.72. The number of carbonyl (C=O) groups excluding carboxylic acids is 1. The molecule has 29 heavy (non-hydrogen) atoms. The highest BCUT2D eigenvalue weighted by atomic mass is 16.5. The Hall–Kier alpha value is -2.62. The third kappa shape index (κ3) is 5.26. The van der Waals surface area contributed by atoms with Crippen LogP contribution < -0.4 is 4.74 Å². The van der Waals surface area contributed by atoms with Crippen LogP contribution in [0.3, 0.4) is 0 Å². The third-order valence-corrected chi connectivity index (χ3v) is 6.16. The van der Waals surface area contributed by atoms with Gasteiger partial charge in [0.15, 0.2) is 0 Å². The molecule has 0 heterocycles. The van der Waals surface area contributed by atoms with Crippen LogP contribution in [0.25, 0.3) is 0 Å². The summed E-state index contributed by atoms with van der Waals surface area (Å²) in [6.45, 7) is 6.75. The maximum Gasteiger partial charge on any atom is 0.349 e. The fourth-order valence-corrected chi connectivity index (χ4v) is 4.34. The highest BCUT2D eigenvalue weighted by Gasteiger charge is 2.41. The molecule has 4 nitrogen and oxygen atoms in total. The Labute approximate surface area is 174 Å². The van der Waals surface area contributed by atoms with Gasteiger partial charge < -0.3 is 9.47 Å². The Morgan fingerprint density at radius 3 is 2.41 bits per heavy atom. The quantitative estimate of drug-likeness (QED) is 0.465. The van der Waals surface area contributed by atoms with E-state index in [2.05, 4.69) is 50.0 Å². The summed E-state index contributed by atoms with van der Waals surface area (Å²) in [4.78, 5) is 16.8. The van der Waals surface area contributed by atoms with E-state index in [0.717, 1.165) is 25.0 Å². The Bertz CT molecular complexity index is 827. The summed E-state index contributed by atoms with van der Waals surface area (Å²) >= 11 is 0.